The molecule has 0 heterocycles. The number of carbonyl (C=O) groups excluding carboxylic acids is 1. The van der Waals surface area contributed by atoms with Gasteiger partial charge in [0.1, 0.15) is 0 Å². The number of carboxylic acid groups (broad SMARTS) is 1. The third-order valence-corrected chi connectivity index (χ3v) is 2.09. The molecule has 0 spiro atoms. The minimum Gasteiger partial charge on any atom is -0.477 e. The molecule has 0 aliphatic heterocycles. The van der Waals surface area contributed by atoms with Crippen molar-refractivity contribution >= 4 is 11.9 Å². The molecule has 0 atom stereocenters. The van der Waals surface area contributed by atoms with Crippen molar-refractivity contribution in [3.8, 4) is 0 Å². The number of alkyl halides is 2. The molecule has 0 radical (unpaired) electrons. The zero-order chi connectivity index (χ0) is 13.1. The van der Waals surface area contributed by atoms with Crippen molar-refractivity contribution in [3.05, 3.63) is 35.4 Å². The van der Waals surface area contributed by atoms with E-state index in [0.29, 0.717) is 6.54 Å². The van der Waals surface area contributed by atoms with Crippen LogP contribution in [0.2, 0.25) is 0 Å². The lowest BCUT2D eigenvalue weighted by Crippen LogP contribution is -2.27. The molecule has 0 aliphatic rings. The van der Waals surface area contributed by atoms with Gasteiger partial charge >= 0.3 is 11.9 Å². The summed E-state index contributed by atoms with van der Waals surface area (Å²) in [5.41, 5.74) is -0.709. The van der Waals surface area contributed by atoms with Crippen LogP contribution in [-0.4, -0.2) is 23.5 Å². The molecule has 0 bridgehead atoms. The number of nitrogens with one attached hydrogen (secondary N) is 1. The van der Waals surface area contributed by atoms with Crippen LogP contribution < -0.4 is 5.32 Å². The largest absolute Gasteiger partial charge is 0.477 e. The number of amides is 1. The van der Waals surface area contributed by atoms with Crippen LogP contribution in [-0.2, 0) is 10.7 Å². The molecule has 92 valence electrons. The topological polar surface area (TPSA) is 66.4 Å². The Kier molecular flexibility index (Phi) is 3.77. The Bertz CT molecular complexity index is 446. The molecule has 1 amide bonds. The summed E-state index contributed by atoms with van der Waals surface area (Å²) in [5, 5.41) is 10.8. The molecule has 1 aromatic carbocycles. The Morgan fingerprint density at radius 3 is 2.59 bits per heavy atom. The van der Waals surface area contributed by atoms with E-state index in [1.807, 2.05) is 0 Å². The number of benzene rings is 1. The van der Waals surface area contributed by atoms with Crippen molar-refractivity contribution < 1.29 is 23.5 Å². The van der Waals surface area contributed by atoms with E-state index in [2.05, 4.69) is 5.32 Å². The van der Waals surface area contributed by atoms with E-state index in [0.717, 1.165) is 12.1 Å². The van der Waals surface area contributed by atoms with Gasteiger partial charge < -0.3 is 10.4 Å². The number of hydrogen-bond donors (Lipinski definition) is 2. The second-order valence-electron chi connectivity index (χ2n) is 3.32. The summed E-state index contributed by atoms with van der Waals surface area (Å²) in [6, 6.07) is 4.40. The summed E-state index contributed by atoms with van der Waals surface area (Å²) in [7, 11) is 0. The third kappa shape index (κ3) is 2.77. The summed E-state index contributed by atoms with van der Waals surface area (Å²) in [5.74, 6) is -6.76. The number of aliphatic carboxylic acids is 1. The second-order valence-corrected chi connectivity index (χ2v) is 3.32. The predicted octanol–water partition coefficient (Wildman–Crippen LogP) is 1.61. The van der Waals surface area contributed by atoms with Gasteiger partial charge in [0.25, 0.3) is 5.91 Å². The fourth-order valence-electron chi connectivity index (χ4n) is 1.24. The van der Waals surface area contributed by atoms with Crippen LogP contribution in [0.4, 0.5) is 8.78 Å². The SMILES string of the molecule is CCNC(=O)c1cccc(C(F)(F)C(=O)O)c1. The van der Waals surface area contributed by atoms with Crippen LogP contribution in [0.25, 0.3) is 0 Å². The van der Waals surface area contributed by atoms with Crippen molar-refractivity contribution in [3.63, 3.8) is 0 Å². The van der Waals surface area contributed by atoms with Gasteiger partial charge in [-0.1, -0.05) is 12.1 Å². The molecule has 4 nitrogen and oxygen atoms in total. The van der Waals surface area contributed by atoms with Gasteiger partial charge in [0.2, 0.25) is 0 Å². The number of rotatable bonds is 4. The minimum absolute atomic E-state index is 0.00488. The summed E-state index contributed by atoms with van der Waals surface area (Å²) >= 11 is 0. The van der Waals surface area contributed by atoms with Crippen LogP contribution >= 0.6 is 0 Å². The first-order chi connectivity index (χ1) is 7.89. The maximum Gasteiger partial charge on any atom is 0.379 e. The van der Waals surface area contributed by atoms with E-state index in [-0.39, 0.29) is 5.56 Å². The average molecular weight is 243 g/mol. The van der Waals surface area contributed by atoms with E-state index in [1.54, 1.807) is 6.92 Å². The Morgan fingerprint density at radius 2 is 2.06 bits per heavy atom. The van der Waals surface area contributed by atoms with E-state index in [9.17, 15) is 18.4 Å². The van der Waals surface area contributed by atoms with Gasteiger partial charge in [-0.3, -0.25) is 4.79 Å². The summed E-state index contributed by atoms with van der Waals surface area (Å²) in [6.45, 7) is 2.05. The lowest BCUT2D eigenvalue weighted by molar-refractivity contribution is -0.166. The first kappa shape index (κ1) is 13.1. The molecule has 0 saturated heterocycles. The van der Waals surface area contributed by atoms with Crippen molar-refractivity contribution in [2.45, 2.75) is 12.8 Å². The predicted molar refractivity (Wildman–Crippen MR) is 56.0 cm³/mol. The summed E-state index contributed by atoms with van der Waals surface area (Å²) < 4.78 is 26.4. The molecule has 0 fully saturated rings. The van der Waals surface area contributed by atoms with Crippen molar-refractivity contribution in [2.75, 3.05) is 6.54 Å². The number of hydrogen-bond acceptors (Lipinski definition) is 2. The van der Waals surface area contributed by atoms with Crippen LogP contribution in [0.1, 0.15) is 22.8 Å². The van der Waals surface area contributed by atoms with E-state index >= 15 is 0 Å². The molecule has 0 unspecified atom stereocenters. The maximum absolute atomic E-state index is 13.2. The zero-order valence-corrected chi connectivity index (χ0v) is 9.04. The number of halogens is 2. The Balaban J connectivity index is 3.09. The minimum atomic E-state index is -4.00. The average Bonchev–Trinajstić information content (AvgIpc) is 2.29. The maximum atomic E-state index is 13.2. The first-order valence-corrected chi connectivity index (χ1v) is 4.89. The molecule has 2 N–H and O–H groups in total. The molecule has 1 aromatic rings. The van der Waals surface area contributed by atoms with Crippen molar-refractivity contribution in [1.29, 1.82) is 0 Å². The Hall–Kier alpha value is -1.98. The standard InChI is InChI=1S/C11H11F2NO3/c1-2-14-9(15)7-4-3-5-8(6-7)11(12,13)10(16)17/h3-6H,2H2,1H3,(H,14,15)(H,16,17). The van der Waals surface area contributed by atoms with Gasteiger partial charge in [-0.2, -0.15) is 8.78 Å². The molecule has 17 heavy (non-hydrogen) atoms. The number of carbonyl (C=O) groups is 2. The van der Waals surface area contributed by atoms with Crippen molar-refractivity contribution in [1.82, 2.24) is 5.32 Å². The zero-order valence-electron chi connectivity index (χ0n) is 9.04. The Labute approximate surface area is 96.3 Å². The van der Waals surface area contributed by atoms with Gasteiger partial charge in [-0.15, -0.1) is 0 Å². The highest BCUT2D eigenvalue weighted by Gasteiger charge is 2.41. The summed E-state index contributed by atoms with van der Waals surface area (Å²) in [4.78, 5) is 21.8. The summed E-state index contributed by atoms with van der Waals surface area (Å²) in [6.07, 6.45) is 0. The second kappa shape index (κ2) is 4.90. The molecule has 0 aromatic heterocycles. The Morgan fingerprint density at radius 1 is 1.41 bits per heavy atom. The van der Waals surface area contributed by atoms with Gasteiger partial charge in [0.15, 0.2) is 0 Å². The lowest BCUT2D eigenvalue weighted by Gasteiger charge is -2.12. The van der Waals surface area contributed by atoms with Gasteiger partial charge in [0.05, 0.1) is 0 Å². The van der Waals surface area contributed by atoms with E-state index in [1.165, 1.54) is 12.1 Å². The quantitative estimate of drug-likeness (QED) is 0.844. The van der Waals surface area contributed by atoms with Crippen LogP contribution in [0.15, 0.2) is 24.3 Å². The highest BCUT2D eigenvalue weighted by Crippen LogP contribution is 2.28. The van der Waals surface area contributed by atoms with Crippen LogP contribution in [0.3, 0.4) is 0 Å². The highest BCUT2D eigenvalue weighted by molar-refractivity contribution is 5.94. The normalized spacial score (nSPS) is 11.0. The van der Waals surface area contributed by atoms with Gasteiger partial charge in [0, 0.05) is 17.7 Å². The van der Waals surface area contributed by atoms with Gasteiger partial charge in [-0.25, -0.2) is 4.79 Å². The molecule has 0 aliphatic carbocycles. The van der Waals surface area contributed by atoms with E-state index < -0.39 is 23.4 Å². The first-order valence-electron chi connectivity index (χ1n) is 4.89. The molecular weight excluding hydrogens is 232 g/mol. The van der Waals surface area contributed by atoms with Crippen molar-refractivity contribution in [2.24, 2.45) is 0 Å². The monoisotopic (exact) mass is 243 g/mol. The van der Waals surface area contributed by atoms with E-state index in [4.69, 9.17) is 5.11 Å². The lowest BCUT2D eigenvalue weighted by atomic mass is 10.0. The third-order valence-electron chi connectivity index (χ3n) is 2.09. The molecular formula is C11H11F2NO3. The molecule has 1 rings (SSSR count). The van der Waals surface area contributed by atoms with Gasteiger partial charge in [-0.05, 0) is 19.1 Å². The molecule has 6 heteroatoms. The number of carboxylic acids is 1. The fraction of sp³-hybridized carbons (Fsp3) is 0.273. The van der Waals surface area contributed by atoms with Crippen LogP contribution in [0.5, 0.6) is 0 Å². The molecule has 0 saturated carbocycles. The highest BCUT2D eigenvalue weighted by atomic mass is 19.3. The smallest absolute Gasteiger partial charge is 0.379 e. The van der Waals surface area contributed by atoms with Crippen LogP contribution in [0, 0.1) is 0 Å². The fourth-order valence-corrected chi connectivity index (χ4v) is 1.24.